The largest absolute Gasteiger partial charge is 0.378 e. The third-order valence-electron chi connectivity index (χ3n) is 2.53. The van der Waals surface area contributed by atoms with E-state index in [0.29, 0.717) is 10.6 Å². The van der Waals surface area contributed by atoms with E-state index in [0.717, 1.165) is 0 Å². The lowest BCUT2D eigenvalue weighted by molar-refractivity contribution is -0.124. The van der Waals surface area contributed by atoms with Crippen LogP contribution in [0.2, 0.25) is 5.02 Å². The number of aliphatic hydroxyl groups excluding tert-OH is 1. The summed E-state index contributed by atoms with van der Waals surface area (Å²) in [5.74, 6) is -1.09. The highest BCUT2D eigenvalue weighted by Gasteiger charge is 2.17. The van der Waals surface area contributed by atoms with E-state index in [2.05, 4.69) is 5.32 Å². The Kier molecular flexibility index (Phi) is 4.14. The molecule has 0 aliphatic heterocycles. The molecule has 19 heavy (non-hydrogen) atoms. The Hall–Kier alpha value is -1.91. The summed E-state index contributed by atoms with van der Waals surface area (Å²) in [4.78, 5) is 11.8. The van der Waals surface area contributed by atoms with Crippen molar-refractivity contribution in [3.63, 3.8) is 0 Å². The first-order valence-electron chi connectivity index (χ1n) is 5.56. The van der Waals surface area contributed by atoms with E-state index in [1.807, 2.05) is 0 Å². The number of halogens is 2. The zero-order valence-corrected chi connectivity index (χ0v) is 10.6. The summed E-state index contributed by atoms with van der Waals surface area (Å²) >= 11 is 5.72. The summed E-state index contributed by atoms with van der Waals surface area (Å²) in [6.07, 6.45) is -1.33. The molecule has 0 aliphatic carbocycles. The summed E-state index contributed by atoms with van der Waals surface area (Å²) in [6, 6.07) is 11.7. The van der Waals surface area contributed by atoms with Crippen LogP contribution in [-0.2, 0) is 4.79 Å². The SMILES string of the molecule is O=C(Nc1cccc(F)c1)C(O)c1ccc(Cl)cc1. The Morgan fingerprint density at radius 2 is 1.89 bits per heavy atom. The van der Waals surface area contributed by atoms with Crippen LogP contribution in [0.1, 0.15) is 11.7 Å². The van der Waals surface area contributed by atoms with E-state index < -0.39 is 17.8 Å². The Balaban J connectivity index is 2.09. The van der Waals surface area contributed by atoms with Crippen LogP contribution in [0, 0.1) is 5.82 Å². The average Bonchev–Trinajstić information content (AvgIpc) is 2.39. The number of anilines is 1. The fourth-order valence-corrected chi connectivity index (χ4v) is 1.70. The minimum Gasteiger partial charge on any atom is -0.378 e. The summed E-state index contributed by atoms with van der Waals surface area (Å²) < 4.78 is 13.0. The van der Waals surface area contributed by atoms with Crippen molar-refractivity contribution >= 4 is 23.2 Å². The molecule has 1 unspecified atom stereocenters. The van der Waals surface area contributed by atoms with Crippen molar-refractivity contribution in [2.24, 2.45) is 0 Å². The van der Waals surface area contributed by atoms with Gasteiger partial charge in [0, 0.05) is 10.7 Å². The molecule has 0 heterocycles. The number of benzene rings is 2. The molecule has 0 saturated heterocycles. The average molecular weight is 280 g/mol. The fraction of sp³-hybridized carbons (Fsp3) is 0.0714. The smallest absolute Gasteiger partial charge is 0.257 e. The summed E-state index contributed by atoms with van der Waals surface area (Å²) in [5, 5.41) is 12.8. The van der Waals surface area contributed by atoms with Gasteiger partial charge in [-0.1, -0.05) is 29.8 Å². The highest BCUT2D eigenvalue weighted by atomic mass is 35.5. The number of carbonyl (C=O) groups excluding carboxylic acids is 1. The van der Waals surface area contributed by atoms with Crippen LogP contribution in [0.25, 0.3) is 0 Å². The fourth-order valence-electron chi connectivity index (χ4n) is 1.57. The zero-order chi connectivity index (χ0) is 13.8. The minimum absolute atomic E-state index is 0.290. The Morgan fingerprint density at radius 3 is 2.53 bits per heavy atom. The molecule has 0 fully saturated rings. The van der Waals surface area contributed by atoms with Crippen molar-refractivity contribution in [2.75, 3.05) is 5.32 Å². The molecule has 5 heteroatoms. The Morgan fingerprint density at radius 1 is 1.21 bits per heavy atom. The lowest BCUT2D eigenvalue weighted by Gasteiger charge is -2.11. The van der Waals surface area contributed by atoms with Gasteiger partial charge in [-0.3, -0.25) is 4.79 Å². The van der Waals surface area contributed by atoms with Crippen LogP contribution in [0.15, 0.2) is 48.5 Å². The molecule has 2 aromatic carbocycles. The van der Waals surface area contributed by atoms with Crippen molar-refractivity contribution in [3.8, 4) is 0 Å². The number of hydrogen-bond acceptors (Lipinski definition) is 2. The molecule has 0 radical (unpaired) electrons. The topological polar surface area (TPSA) is 49.3 Å². The van der Waals surface area contributed by atoms with Crippen molar-refractivity contribution < 1.29 is 14.3 Å². The highest BCUT2D eigenvalue weighted by Crippen LogP contribution is 2.18. The second kappa shape index (κ2) is 5.82. The molecule has 0 aromatic heterocycles. The summed E-state index contributed by atoms with van der Waals surface area (Å²) in [5.41, 5.74) is 0.705. The normalized spacial score (nSPS) is 11.9. The molecule has 3 nitrogen and oxygen atoms in total. The maximum absolute atomic E-state index is 13.0. The predicted molar refractivity (Wildman–Crippen MR) is 71.4 cm³/mol. The van der Waals surface area contributed by atoms with Crippen LogP contribution in [0.5, 0.6) is 0 Å². The molecule has 2 rings (SSSR count). The number of nitrogens with one attached hydrogen (secondary N) is 1. The quantitative estimate of drug-likeness (QED) is 0.907. The van der Waals surface area contributed by atoms with Crippen LogP contribution in [0.4, 0.5) is 10.1 Å². The van der Waals surface area contributed by atoms with Crippen molar-refractivity contribution in [1.29, 1.82) is 0 Å². The molecule has 0 bridgehead atoms. The van der Waals surface area contributed by atoms with Crippen molar-refractivity contribution in [2.45, 2.75) is 6.10 Å². The Labute approximate surface area is 114 Å². The van der Waals surface area contributed by atoms with Crippen LogP contribution in [0.3, 0.4) is 0 Å². The Bertz CT molecular complexity index is 586. The van der Waals surface area contributed by atoms with E-state index in [4.69, 9.17) is 11.6 Å². The molecule has 0 aliphatic rings. The summed E-state index contributed by atoms with van der Waals surface area (Å²) in [7, 11) is 0. The molecule has 2 N–H and O–H groups in total. The second-order valence-corrected chi connectivity index (χ2v) is 4.39. The number of amides is 1. The van der Waals surface area contributed by atoms with Gasteiger partial charge in [0.05, 0.1) is 0 Å². The first-order chi connectivity index (χ1) is 9.06. The van der Waals surface area contributed by atoms with E-state index in [1.165, 1.54) is 24.3 Å². The monoisotopic (exact) mass is 279 g/mol. The molecule has 1 atom stereocenters. The number of aliphatic hydroxyl groups is 1. The van der Waals surface area contributed by atoms with Crippen LogP contribution < -0.4 is 5.32 Å². The van der Waals surface area contributed by atoms with E-state index >= 15 is 0 Å². The number of hydrogen-bond donors (Lipinski definition) is 2. The van der Waals surface area contributed by atoms with Crippen molar-refractivity contribution in [3.05, 3.63) is 64.9 Å². The van der Waals surface area contributed by atoms with Crippen LogP contribution >= 0.6 is 11.6 Å². The van der Waals surface area contributed by atoms with Crippen LogP contribution in [-0.4, -0.2) is 11.0 Å². The first kappa shape index (κ1) is 13.5. The zero-order valence-electron chi connectivity index (χ0n) is 9.81. The minimum atomic E-state index is -1.33. The van der Waals surface area contributed by atoms with Gasteiger partial charge < -0.3 is 10.4 Å². The molecular weight excluding hydrogens is 269 g/mol. The third-order valence-corrected chi connectivity index (χ3v) is 2.78. The number of carbonyl (C=O) groups is 1. The van der Waals surface area contributed by atoms with E-state index in [1.54, 1.807) is 24.3 Å². The third kappa shape index (κ3) is 3.53. The highest BCUT2D eigenvalue weighted by molar-refractivity contribution is 6.30. The predicted octanol–water partition coefficient (Wildman–Crippen LogP) is 3.15. The number of rotatable bonds is 3. The van der Waals surface area contributed by atoms with Gasteiger partial charge in [-0.15, -0.1) is 0 Å². The van der Waals surface area contributed by atoms with Gasteiger partial charge in [-0.05, 0) is 35.9 Å². The lowest BCUT2D eigenvalue weighted by atomic mass is 10.1. The first-order valence-corrected chi connectivity index (χ1v) is 5.94. The molecule has 2 aromatic rings. The van der Waals surface area contributed by atoms with Gasteiger partial charge in [-0.25, -0.2) is 4.39 Å². The molecule has 1 amide bonds. The van der Waals surface area contributed by atoms with Gasteiger partial charge in [0.1, 0.15) is 5.82 Å². The van der Waals surface area contributed by atoms with E-state index in [9.17, 15) is 14.3 Å². The van der Waals surface area contributed by atoms with Gasteiger partial charge in [0.25, 0.3) is 5.91 Å². The molecule has 0 spiro atoms. The van der Waals surface area contributed by atoms with Crippen molar-refractivity contribution in [1.82, 2.24) is 0 Å². The lowest BCUT2D eigenvalue weighted by Crippen LogP contribution is -2.20. The van der Waals surface area contributed by atoms with E-state index in [-0.39, 0.29) is 5.69 Å². The van der Waals surface area contributed by atoms with Gasteiger partial charge in [0.15, 0.2) is 6.10 Å². The maximum atomic E-state index is 13.0. The second-order valence-electron chi connectivity index (χ2n) is 3.95. The maximum Gasteiger partial charge on any atom is 0.257 e. The van der Waals surface area contributed by atoms with Gasteiger partial charge >= 0.3 is 0 Å². The molecular formula is C14H11ClFNO2. The van der Waals surface area contributed by atoms with Gasteiger partial charge in [0.2, 0.25) is 0 Å². The summed E-state index contributed by atoms with van der Waals surface area (Å²) in [6.45, 7) is 0. The molecule has 98 valence electrons. The molecule has 0 saturated carbocycles. The standard InChI is InChI=1S/C14H11ClFNO2/c15-10-6-4-9(5-7-10)13(18)14(19)17-12-3-1-2-11(16)8-12/h1-8,13,18H,(H,17,19). The van der Waals surface area contributed by atoms with Gasteiger partial charge in [-0.2, -0.15) is 0 Å².